The van der Waals surface area contributed by atoms with Crippen LogP contribution in [-0.4, -0.2) is 24.8 Å². The highest BCUT2D eigenvalue weighted by molar-refractivity contribution is 5.68. The first kappa shape index (κ1) is 14.7. The molecule has 2 rings (SSSR count). The molecule has 1 aliphatic carbocycles. The second-order valence-corrected chi connectivity index (χ2v) is 6.22. The van der Waals surface area contributed by atoms with Gasteiger partial charge < -0.3 is 14.8 Å². The van der Waals surface area contributed by atoms with Crippen molar-refractivity contribution in [2.45, 2.75) is 51.7 Å². The van der Waals surface area contributed by atoms with Crippen LogP contribution >= 0.6 is 0 Å². The Morgan fingerprint density at radius 2 is 2.05 bits per heavy atom. The van der Waals surface area contributed by atoms with E-state index in [0.717, 1.165) is 25.0 Å². The molecule has 1 atom stereocenters. The van der Waals surface area contributed by atoms with Gasteiger partial charge in [-0.1, -0.05) is 6.07 Å². The van der Waals surface area contributed by atoms with Gasteiger partial charge in [-0.15, -0.1) is 0 Å². The Morgan fingerprint density at radius 1 is 1.30 bits per heavy atom. The Hall–Kier alpha value is -1.71. The molecule has 1 N–H and O–H groups in total. The van der Waals surface area contributed by atoms with E-state index in [2.05, 4.69) is 17.4 Å². The van der Waals surface area contributed by atoms with Gasteiger partial charge in [0, 0.05) is 6.04 Å². The summed E-state index contributed by atoms with van der Waals surface area (Å²) in [6.07, 6.45) is 2.40. The van der Waals surface area contributed by atoms with Crippen LogP contribution in [0.25, 0.3) is 0 Å². The van der Waals surface area contributed by atoms with E-state index in [4.69, 9.17) is 9.47 Å². The van der Waals surface area contributed by atoms with Crippen molar-refractivity contribution in [1.82, 2.24) is 5.32 Å². The number of rotatable bonds is 2. The minimum absolute atomic E-state index is 0.129. The largest absolute Gasteiger partial charge is 0.497 e. The summed E-state index contributed by atoms with van der Waals surface area (Å²) in [7, 11) is 1.67. The molecule has 20 heavy (non-hydrogen) atoms. The van der Waals surface area contributed by atoms with Crippen molar-refractivity contribution in [2.75, 3.05) is 7.11 Å². The standard InChI is InChI=1S/C16H23NO3/c1-16(2,3)20-15(18)17-13-7-5-11-6-8-14(19-4)10-12(11)9-13/h6,8,10,13H,5,7,9H2,1-4H3,(H,17,18). The van der Waals surface area contributed by atoms with Crippen molar-refractivity contribution in [1.29, 1.82) is 0 Å². The first-order valence-electron chi connectivity index (χ1n) is 7.03. The lowest BCUT2D eigenvalue weighted by Crippen LogP contribution is -2.41. The number of alkyl carbamates (subject to hydrolysis) is 1. The molecule has 0 bridgehead atoms. The number of hydrogen-bond acceptors (Lipinski definition) is 3. The van der Waals surface area contributed by atoms with E-state index >= 15 is 0 Å². The molecule has 0 radical (unpaired) electrons. The van der Waals surface area contributed by atoms with Gasteiger partial charge in [-0.2, -0.15) is 0 Å². The molecule has 1 aromatic rings. The number of methoxy groups -OCH3 is 1. The molecule has 1 amide bonds. The highest BCUT2D eigenvalue weighted by Gasteiger charge is 2.23. The Balaban J connectivity index is 1.98. The molecule has 1 aromatic carbocycles. The van der Waals surface area contributed by atoms with Gasteiger partial charge in [0.05, 0.1) is 7.11 Å². The number of fused-ring (bicyclic) bond motifs is 1. The van der Waals surface area contributed by atoms with Crippen LogP contribution in [0.1, 0.15) is 38.3 Å². The fourth-order valence-electron chi connectivity index (χ4n) is 2.46. The number of aryl methyl sites for hydroxylation is 1. The van der Waals surface area contributed by atoms with Crippen molar-refractivity contribution in [3.05, 3.63) is 29.3 Å². The summed E-state index contributed by atoms with van der Waals surface area (Å²) in [5.74, 6) is 0.863. The van der Waals surface area contributed by atoms with Crippen molar-refractivity contribution >= 4 is 6.09 Å². The number of carbonyl (C=O) groups excluding carboxylic acids is 1. The third-order valence-corrected chi connectivity index (χ3v) is 3.36. The lowest BCUT2D eigenvalue weighted by molar-refractivity contribution is 0.0500. The number of nitrogens with one attached hydrogen (secondary N) is 1. The summed E-state index contributed by atoms with van der Waals surface area (Å²) in [5.41, 5.74) is 2.13. The molecule has 0 saturated carbocycles. The van der Waals surface area contributed by atoms with Crippen molar-refractivity contribution in [3.63, 3.8) is 0 Å². The van der Waals surface area contributed by atoms with Crippen LogP contribution in [0.4, 0.5) is 4.79 Å². The van der Waals surface area contributed by atoms with Gasteiger partial charge in [0.2, 0.25) is 0 Å². The van der Waals surface area contributed by atoms with E-state index in [1.165, 1.54) is 11.1 Å². The van der Waals surface area contributed by atoms with Gasteiger partial charge >= 0.3 is 6.09 Å². The molecule has 1 unspecified atom stereocenters. The number of benzene rings is 1. The fourth-order valence-corrected chi connectivity index (χ4v) is 2.46. The van der Waals surface area contributed by atoms with Gasteiger partial charge in [-0.3, -0.25) is 0 Å². The smallest absolute Gasteiger partial charge is 0.407 e. The molecule has 0 aromatic heterocycles. The summed E-state index contributed by atoms with van der Waals surface area (Å²) in [5, 5.41) is 2.95. The minimum atomic E-state index is -0.458. The molecule has 0 fully saturated rings. The Bertz CT molecular complexity index is 491. The lowest BCUT2D eigenvalue weighted by atomic mass is 9.88. The molecule has 4 heteroatoms. The summed E-state index contributed by atoms with van der Waals surface area (Å²) >= 11 is 0. The molecular weight excluding hydrogens is 254 g/mol. The number of hydrogen-bond donors (Lipinski definition) is 1. The quantitative estimate of drug-likeness (QED) is 0.903. The van der Waals surface area contributed by atoms with E-state index in [1.807, 2.05) is 26.8 Å². The van der Waals surface area contributed by atoms with Crippen LogP contribution in [0.15, 0.2) is 18.2 Å². The van der Waals surface area contributed by atoms with E-state index in [9.17, 15) is 4.79 Å². The fraction of sp³-hybridized carbons (Fsp3) is 0.562. The van der Waals surface area contributed by atoms with Crippen LogP contribution in [0, 0.1) is 0 Å². The van der Waals surface area contributed by atoms with Crippen molar-refractivity contribution in [3.8, 4) is 5.75 Å². The molecule has 4 nitrogen and oxygen atoms in total. The molecule has 1 aliphatic rings. The molecular formula is C16H23NO3. The van der Waals surface area contributed by atoms with Gasteiger partial charge in [-0.05, 0) is 63.3 Å². The SMILES string of the molecule is COc1ccc2c(c1)CC(NC(=O)OC(C)(C)C)CC2. The van der Waals surface area contributed by atoms with E-state index in [-0.39, 0.29) is 12.1 Å². The van der Waals surface area contributed by atoms with Gasteiger partial charge in [0.1, 0.15) is 11.4 Å². The average Bonchev–Trinajstić information content (AvgIpc) is 2.35. The van der Waals surface area contributed by atoms with Crippen LogP contribution < -0.4 is 10.1 Å². The van der Waals surface area contributed by atoms with E-state index in [1.54, 1.807) is 7.11 Å². The zero-order chi connectivity index (χ0) is 14.8. The monoisotopic (exact) mass is 277 g/mol. The normalized spacial score (nSPS) is 18.1. The summed E-state index contributed by atoms with van der Waals surface area (Å²) in [6.45, 7) is 5.61. The molecule has 0 spiro atoms. The molecule has 0 saturated heterocycles. The first-order chi connectivity index (χ1) is 9.37. The predicted molar refractivity (Wildman–Crippen MR) is 78.2 cm³/mol. The van der Waals surface area contributed by atoms with Gasteiger partial charge in [0.15, 0.2) is 0 Å². The van der Waals surface area contributed by atoms with E-state index in [0.29, 0.717) is 0 Å². The van der Waals surface area contributed by atoms with E-state index < -0.39 is 5.60 Å². The second-order valence-electron chi connectivity index (χ2n) is 6.22. The first-order valence-corrected chi connectivity index (χ1v) is 7.03. The average molecular weight is 277 g/mol. The van der Waals surface area contributed by atoms with Crippen LogP contribution in [0.2, 0.25) is 0 Å². The Labute approximate surface area is 120 Å². The Morgan fingerprint density at radius 3 is 2.70 bits per heavy atom. The van der Waals surface area contributed by atoms with Crippen molar-refractivity contribution in [2.24, 2.45) is 0 Å². The lowest BCUT2D eigenvalue weighted by Gasteiger charge is -2.27. The maximum atomic E-state index is 11.8. The molecule has 0 aliphatic heterocycles. The van der Waals surface area contributed by atoms with Crippen LogP contribution in [-0.2, 0) is 17.6 Å². The van der Waals surface area contributed by atoms with Gasteiger partial charge in [0.25, 0.3) is 0 Å². The zero-order valence-corrected chi connectivity index (χ0v) is 12.7. The number of amides is 1. The third kappa shape index (κ3) is 3.89. The summed E-state index contributed by atoms with van der Waals surface area (Å²) in [4.78, 5) is 11.8. The second kappa shape index (κ2) is 5.73. The number of ether oxygens (including phenoxy) is 2. The topological polar surface area (TPSA) is 47.6 Å². The number of carbonyl (C=O) groups is 1. The maximum absolute atomic E-state index is 11.8. The predicted octanol–water partition coefficient (Wildman–Crippen LogP) is 3.08. The third-order valence-electron chi connectivity index (χ3n) is 3.36. The highest BCUT2D eigenvalue weighted by Crippen LogP contribution is 2.25. The molecule has 0 heterocycles. The summed E-state index contributed by atoms with van der Waals surface area (Å²) in [6, 6.07) is 6.28. The molecule has 110 valence electrons. The zero-order valence-electron chi connectivity index (χ0n) is 12.7. The van der Waals surface area contributed by atoms with Crippen LogP contribution in [0.5, 0.6) is 5.75 Å². The Kier molecular flexibility index (Phi) is 4.21. The summed E-state index contributed by atoms with van der Waals surface area (Å²) < 4.78 is 10.5. The van der Waals surface area contributed by atoms with Gasteiger partial charge in [-0.25, -0.2) is 4.79 Å². The minimum Gasteiger partial charge on any atom is -0.497 e. The highest BCUT2D eigenvalue weighted by atomic mass is 16.6. The van der Waals surface area contributed by atoms with Crippen LogP contribution in [0.3, 0.4) is 0 Å². The maximum Gasteiger partial charge on any atom is 0.407 e. The van der Waals surface area contributed by atoms with Crippen molar-refractivity contribution < 1.29 is 14.3 Å².